The molecule has 8 heteroatoms. The quantitative estimate of drug-likeness (QED) is 0.590. The van der Waals surface area contributed by atoms with E-state index in [9.17, 15) is 19.5 Å². The summed E-state index contributed by atoms with van der Waals surface area (Å²) < 4.78 is 4.66. The number of hydrogen-bond acceptors (Lipinski definition) is 6. The molecule has 4 rings (SSSR count). The van der Waals surface area contributed by atoms with Crippen LogP contribution in [0, 0.1) is 31.6 Å². The van der Waals surface area contributed by atoms with Crippen LogP contribution >= 0.6 is 11.8 Å². The molecular formula is C25H34N2O5S. The Labute approximate surface area is 199 Å². The number of aryl methyl sites for hydroxylation is 2. The average molecular weight is 475 g/mol. The average Bonchev–Trinajstić information content (AvgIpc) is 3.39. The monoisotopic (exact) mass is 474 g/mol. The summed E-state index contributed by atoms with van der Waals surface area (Å²) in [6.07, 6.45) is 1.45. The zero-order chi connectivity index (χ0) is 24.1. The second-order valence-corrected chi connectivity index (χ2v) is 11.4. The van der Waals surface area contributed by atoms with E-state index in [2.05, 4.69) is 5.32 Å². The highest BCUT2D eigenvalue weighted by Gasteiger charge is 2.74. The third kappa shape index (κ3) is 3.66. The first-order valence-electron chi connectivity index (χ1n) is 11.8. The Morgan fingerprint density at radius 2 is 1.97 bits per heavy atom. The zero-order valence-corrected chi connectivity index (χ0v) is 20.8. The third-order valence-electron chi connectivity index (χ3n) is 7.59. The Kier molecular flexibility index (Phi) is 6.53. The van der Waals surface area contributed by atoms with Crippen molar-refractivity contribution in [3.05, 3.63) is 29.3 Å². The van der Waals surface area contributed by atoms with Crippen LogP contribution in [0.1, 0.15) is 44.7 Å². The fourth-order valence-electron chi connectivity index (χ4n) is 6.08. The van der Waals surface area contributed by atoms with Crippen LogP contribution in [0.2, 0.25) is 0 Å². The van der Waals surface area contributed by atoms with E-state index in [0.717, 1.165) is 23.2 Å². The predicted octanol–water partition coefficient (Wildman–Crippen LogP) is 2.91. The topological polar surface area (TPSA) is 95.9 Å². The maximum Gasteiger partial charge on any atom is 0.310 e. The fraction of sp³-hybridized carbons (Fsp3) is 0.640. The summed E-state index contributed by atoms with van der Waals surface area (Å²) in [5.41, 5.74) is 2.64. The maximum atomic E-state index is 13.9. The lowest BCUT2D eigenvalue weighted by atomic mass is 9.71. The van der Waals surface area contributed by atoms with Crippen LogP contribution in [0.4, 0.5) is 5.69 Å². The van der Waals surface area contributed by atoms with Gasteiger partial charge in [0.1, 0.15) is 6.04 Å². The maximum absolute atomic E-state index is 13.9. The third-order valence-corrected chi connectivity index (χ3v) is 9.54. The minimum atomic E-state index is -0.761. The van der Waals surface area contributed by atoms with Crippen molar-refractivity contribution in [1.82, 2.24) is 4.90 Å². The summed E-state index contributed by atoms with van der Waals surface area (Å²) in [5, 5.41) is 13.3. The number of amides is 2. The molecule has 0 aromatic heterocycles. The van der Waals surface area contributed by atoms with Crippen LogP contribution < -0.4 is 5.32 Å². The molecule has 3 aliphatic rings. The van der Waals surface area contributed by atoms with Crippen LogP contribution in [0.5, 0.6) is 0 Å². The number of para-hydroxylation sites is 1. The van der Waals surface area contributed by atoms with Crippen molar-refractivity contribution in [1.29, 1.82) is 0 Å². The number of ether oxygens (including phenoxy) is 1. The Hall–Kier alpha value is -2.06. The van der Waals surface area contributed by atoms with E-state index >= 15 is 0 Å². The molecule has 2 N–H and O–H groups in total. The van der Waals surface area contributed by atoms with Gasteiger partial charge in [0, 0.05) is 10.9 Å². The zero-order valence-electron chi connectivity index (χ0n) is 20.0. The highest BCUT2D eigenvalue weighted by molar-refractivity contribution is 8.02. The number of fused-ring (bicyclic) bond motifs is 1. The number of nitrogens with one attached hydrogen (secondary N) is 1. The minimum Gasteiger partial charge on any atom is -0.466 e. The first-order valence-corrected chi connectivity index (χ1v) is 12.7. The SMILES string of the molecule is CCOC(=O)[C@@H]1[C@H]2C(=O)N([C@@H](CO)C(C)C)C(C(=O)Nc3c(C)cccc3C)C23CC[C@H]1S3. The summed E-state index contributed by atoms with van der Waals surface area (Å²) in [6, 6.07) is 4.56. The first kappa shape index (κ1) is 24.1. The molecule has 1 aromatic rings. The van der Waals surface area contributed by atoms with Gasteiger partial charge in [-0.25, -0.2) is 0 Å². The van der Waals surface area contributed by atoms with Crippen molar-refractivity contribution >= 4 is 35.2 Å². The number of esters is 1. The molecule has 3 saturated heterocycles. The second kappa shape index (κ2) is 8.95. The smallest absolute Gasteiger partial charge is 0.310 e. The van der Waals surface area contributed by atoms with Crippen molar-refractivity contribution in [2.24, 2.45) is 17.8 Å². The van der Waals surface area contributed by atoms with E-state index in [1.165, 1.54) is 0 Å². The minimum absolute atomic E-state index is 0.0257. The molecule has 0 aliphatic carbocycles. The molecule has 2 amide bonds. The van der Waals surface area contributed by atoms with E-state index in [0.29, 0.717) is 6.42 Å². The van der Waals surface area contributed by atoms with Crippen LogP contribution in [-0.4, -0.2) is 63.1 Å². The van der Waals surface area contributed by atoms with Crippen molar-refractivity contribution in [3.63, 3.8) is 0 Å². The number of aliphatic hydroxyl groups is 1. The number of benzene rings is 1. The molecule has 0 saturated carbocycles. The number of carbonyl (C=O) groups is 3. The van der Waals surface area contributed by atoms with E-state index in [4.69, 9.17) is 4.74 Å². The summed E-state index contributed by atoms with van der Waals surface area (Å²) in [7, 11) is 0. The molecule has 2 unspecified atom stereocenters. The number of carbonyl (C=O) groups excluding carboxylic acids is 3. The molecule has 3 heterocycles. The second-order valence-electron chi connectivity index (χ2n) is 9.80. The number of anilines is 1. The van der Waals surface area contributed by atoms with Crippen LogP contribution in [0.25, 0.3) is 0 Å². The Morgan fingerprint density at radius 3 is 2.55 bits per heavy atom. The van der Waals surface area contributed by atoms with Gasteiger partial charge in [-0.3, -0.25) is 14.4 Å². The van der Waals surface area contributed by atoms with Gasteiger partial charge in [0.15, 0.2) is 0 Å². The van der Waals surface area contributed by atoms with Gasteiger partial charge in [0.25, 0.3) is 0 Å². The normalized spacial score (nSPS) is 31.1. The number of nitrogens with zero attached hydrogens (tertiary/aromatic N) is 1. The lowest BCUT2D eigenvalue weighted by Crippen LogP contribution is -2.56. The van der Waals surface area contributed by atoms with Gasteiger partial charge in [0.05, 0.1) is 35.8 Å². The number of thioether (sulfide) groups is 1. The van der Waals surface area contributed by atoms with E-state index in [-0.39, 0.29) is 42.2 Å². The molecular weight excluding hydrogens is 440 g/mol. The summed E-state index contributed by atoms with van der Waals surface area (Å²) >= 11 is 1.61. The molecule has 3 aliphatic heterocycles. The van der Waals surface area contributed by atoms with Gasteiger partial charge in [-0.2, -0.15) is 0 Å². The summed E-state index contributed by atoms with van der Waals surface area (Å²) in [4.78, 5) is 42.3. The lowest BCUT2D eigenvalue weighted by molar-refractivity contribution is -0.154. The van der Waals surface area contributed by atoms with Gasteiger partial charge in [-0.15, -0.1) is 11.8 Å². The Bertz CT molecular complexity index is 946. The molecule has 33 heavy (non-hydrogen) atoms. The van der Waals surface area contributed by atoms with Crippen molar-refractivity contribution in [3.8, 4) is 0 Å². The van der Waals surface area contributed by atoms with Crippen LogP contribution in [0.3, 0.4) is 0 Å². The van der Waals surface area contributed by atoms with Crippen LogP contribution in [-0.2, 0) is 19.1 Å². The van der Waals surface area contributed by atoms with E-state index in [1.54, 1.807) is 23.6 Å². The van der Waals surface area contributed by atoms with Crippen molar-refractivity contribution in [2.75, 3.05) is 18.5 Å². The van der Waals surface area contributed by atoms with E-state index < -0.39 is 28.7 Å². The molecule has 6 atom stereocenters. The van der Waals surface area contributed by atoms with Crippen molar-refractivity contribution < 1.29 is 24.2 Å². The molecule has 3 fully saturated rings. The standard InChI is InChI=1S/C25H34N2O5S/c1-6-32-24(31)18-17-10-11-25(33-17)19(18)23(30)27(16(12-28)13(2)3)21(25)22(29)26-20-14(4)8-7-9-15(20)5/h7-9,13,16-19,21,28H,6,10-12H2,1-5H3,(H,26,29)/t16-,17+,18-,19-,21?,25?/m0/s1. The number of aliphatic hydroxyl groups excluding tert-OH is 1. The summed E-state index contributed by atoms with van der Waals surface area (Å²) in [6.45, 7) is 9.54. The number of likely N-dealkylation sites (tertiary alicyclic amines) is 1. The van der Waals surface area contributed by atoms with Gasteiger partial charge in [0.2, 0.25) is 11.8 Å². The predicted molar refractivity (Wildman–Crippen MR) is 128 cm³/mol. The molecule has 1 spiro atoms. The molecule has 0 radical (unpaired) electrons. The number of hydrogen-bond donors (Lipinski definition) is 2. The Balaban J connectivity index is 1.78. The van der Waals surface area contributed by atoms with Crippen LogP contribution in [0.15, 0.2) is 18.2 Å². The van der Waals surface area contributed by atoms with Gasteiger partial charge in [-0.1, -0.05) is 32.0 Å². The van der Waals surface area contributed by atoms with Gasteiger partial charge in [-0.05, 0) is 50.7 Å². The molecule has 2 bridgehead atoms. The molecule has 180 valence electrons. The molecule has 7 nitrogen and oxygen atoms in total. The Morgan fingerprint density at radius 1 is 1.30 bits per heavy atom. The largest absolute Gasteiger partial charge is 0.466 e. The van der Waals surface area contributed by atoms with Gasteiger partial charge >= 0.3 is 5.97 Å². The summed E-state index contributed by atoms with van der Waals surface area (Å²) in [5.74, 6) is -2.02. The number of rotatable bonds is 7. The lowest BCUT2D eigenvalue weighted by Gasteiger charge is -2.38. The van der Waals surface area contributed by atoms with Gasteiger partial charge < -0.3 is 20.1 Å². The highest BCUT2D eigenvalue weighted by Crippen LogP contribution is 2.67. The molecule has 1 aromatic carbocycles. The highest BCUT2D eigenvalue weighted by atomic mass is 32.2. The van der Waals surface area contributed by atoms with E-state index in [1.807, 2.05) is 45.9 Å². The van der Waals surface area contributed by atoms with Crippen molar-refractivity contribution in [2.45, 2.75) is 69.5 Å². The fourth-order valence-corrected chi connectivity index (χ4v) is 8.27. The first-order chi connectivity index (χ1) is 15.7.